The maximum Gasteiger partial charge on any atom is 0.339 e. The van der Waals surface area contributed by atoms with Crippen LogP contribution in [-0.2, 0) is 0 Å². The highest BCUT2D eigenvalue weighted by Gasteiger charge is 2.28. The molecule has 0 fully saturated rings. The lowest BCUT2D eigenvalue weighted by atomic mass is 9.87. The molecule has 1 N–H and O–H groups in total. The van der Waals surface area contributed by atoms with Gasteiger partial charge in [-0.1, -0.05) is 20.8 Å². The van der Waals surface area contributed by atoms with Gasteiger partial charge in [-0.3, -0.25) is 0 Å². The third kappa shape index (κ3) is 3.25. The van der Waals surface area contributed by atoms with E-state index in [1.54, 1.807) is 0 Å². The first-order chi connectivity index (χ1) is 8.55. The van der Waals surface area contributed by atoms with Crippen LogP contribution in [0.25, 0.3) is 0 Å². The quantitative estimate of drug-likeness (QED) is 0.910. The van der Waals surface area contributed by atoms with E-state index in [0.717, 1.165) is 11.3 Å². The largest absolute Gasteiger partial charge is 0.478 e. The summed E-state index contributed by atoms with van der Waals surface area (Å²) in [5, 5.41) is 9.40. The van der Waals surface area contributed by atoms with Crippen molar-refractivity contribution < 1.29 is 9.90 Å². The van der Waals surface area contributed by atoms with Crippen molar-refractivity contribution in [2.75, 3.05) is 11.9 Å². The van der Waals surface area contributed by atoms with Crippen LogP contribution < -0.4 is 4.90 Å². The molecule has 1 aromatic rings. The van der Waals surface area contributed by atoms with Crippen LogP contribution in [0.1, 0.15) is 49.3 Å². The van der Waals surface area contributed by atoms with Crippen molar-refractivity contribution in [2.45, 2.75) is 47.6 Å². The standard InChI is InChI=1S/C15H24N2O2/c1-9-8-10(2)16-13(12(9)14(18)19)17(7)11(3)15(4,5)6/h8,11H,1-7H3,(H,18,19). The fraction of sp³-hybridized carbons (Fsp3) is 0.600. The van der Waals surface area contributed by atoms with E-state index in [-0.39, 0.29) is 11.5 Å². The molecule has 0 spiro atoms. The SMILES string of the molecule is Cc1cc(C)c(C(=O)O)c(N(C)C(C)C(C)(C)C)n1. The van der Waals surface area contributed by atoms with Crippen molar-refractivity contribution in [1.82, 2.24) is 4.98 Å². The Morgan fingerprint density at radius 3 is 2.32 bits per heavy atom. The van der Waals surface area contributed by atoms with Crippen LogP contribution in [0.2, 0.25) is 0 Å². The number of aromatic carboxylic acids is 1. The zero-order valence-corrected chi connectivity index (χ0v) is 12.9. The maximum atomic E-state index is 11.5. The van der Waals surface area contributed by atoms with Gasteiger partial charge in [-0.2, -0.15) is 0 Å². The summed E-state index contributed by atoms with van der Waals surface area (Å²) in [7, 11) is 1.91. The zero-order chi connectivity index (χ0) is 15.0. The van der Waals surface area contributed by atoms with Crippen molar-refractivity contribution in [2.24, 2.45) is 5.41 Å². The Morgan fingerprint density at radius 1 is 1.37 bits per heavy atom. The molecule has 1 aromatic heterocycles. The van der Waals surface area contributed by atoms with Crippen LogP contribution >= 0.6 is 0 Å². The average Bonchev–Trinajstić information content (AvgIpc) is 2.23. The van der Waals surface area contributed by atoms with Crippen molar-refractivity contribution in [3.8, 4) is 0 Å². The molecule has 4 nitrogen and oxygen atoms in total. The molecule has 0 saturated carbocycles. The second kappa shape index (κ2) is 5.19. The number of pyridine rings is 1. The average molecular weight is 264 g/mol. The summed E-state index contributed by atoms with van der Waals surface area (Å²) >= 11 is 0. The number of carboxylic acid groups (broad SMARTS) is 1. The van der Waals surface area contributed by atoms with E-state index in [4.69, 9.17) is 0 Å². The van der Waals surface area contributed by atoms with Gasteiger partial charge in [0.25, 0.3) is 0 Å². The second-order valence-electron chi connectivity index (χ2n) is 6.24. The molecule has 0 aliphatic heterocycles. The smallest absolute Gasteiger partial charge is 0.339 e. The first-order valence-corrected chi connectivity index (χ1v) is 6.50. The number of aryl methyl sites for hydroxylation is 2. The molecule has 4 heteroatoms. The predicted molar refractivity (Wildman–Crippen MR) is 78.0 cm³/mol. The van der Waals surface area contributed by atoms with E-state index in [9.17, 15) is 9.90 Å². The lowest BCUT2D eigenvalue weighted by Crippen LogP contribution is -2.40. The third-order valence-corrected chi connectivity index (χ3v) is 3.71. The summed E-state index contributed by atoms with van der Waals surface area (Å²) in [5.74, 6) is -0.375. The Balaban J connectivity index is 3.37. The van der Waals surface area contributed by atoms with E-state index in [1.807, 2.05) is 31.9 Å². The van der Waals surface area contributed by atoms with Crippen LogP contribution in [0.15, 0.2) is 6.07 Å². The van der Waals surface area contributed by atoms with Gasteiger partial charge in [0, 0.05) is 18.8 Å². The van der Waals surface area contributed by atoms with Gasteiger partial charge in [0.2, 0.25) is 0 Å². The molecule has 0 radical (unpaired) electrons. The Morgan fingerprint density at radius 2 is 1.89 bits per heavy atom. The number of carbonyl (C=O) groups is 1. The van der Waals surface area contributed by atoms with Gasteiger partial charge in [-0.25, -0.2) is 9.78 Å². The lowest BCUT2D eigenvalue weighted by Gasteiger charge is -2.37. The number of rotatable bonds is 3. The number of aromatic nitrogens is 1. The summed E-state index contributed by atoms with van der Waals surface area (Å²) < 4.78 is 0. The summed E-state index contributed by atoms with van der Waals surface area (Å²) in [6.45, 7) is 12.2. The monoisotopic (exact) mass is 264 g/mol. The molecule has 1 atom stereocenters. The van der Waals surface area contributed by atoms with Crippen molar-refractivity contribution >= 4 is 11.8 Å². The molecular weight excluding hydrogens is 240 g/mol. The Bertz CT molecular complexity index is 490. The molecule has 106 valence electrons. The molecule has 0 bridgehead atoms. The topological polar surface area (TPSA) is 53.4 Å². The molecule has 1 unspecified atom stereocenters. The highest BCUT2D eigenvalue weighted by Crippen LogP contribution is 2.29. The minimum Gasteiger partial charge on any atom is -0.478 e. The molecular formula is C15H24N2O2. The summed E-state index contributed by atoms with van der Waals surface area (Å²) in [6.07, 6.45) is 0. The summed E-state index contributed by atoms with van der Waals surface area (Å²) in [5.41, 5.74) is 1.93. The second-order valence-corrected chi connectivity index (χ2v) is 6.24. The van der Waals surface area contributed by atoms with Crippen LogP contribution in [0, 0.1) is 19.3 Å². The van der Waals surface area contributed by atoms with Crippen LogP contribution in [0.3, 0.4) is 0 Å². The number of nitrogens with zero attached hydrogens (tertiary/aromatic N) is 2. The first-order valence-electron chi connectivity index (χ1n) is 6.50. The van der Waals surface area contributed by atoms with E-state index in [2.05, 4.69) is 32.7 Å². The van der Waals surface area contributed by atoms with Gasteiger partial charge in [0.1, 0.15) is 11.4 Å². The molecule has 0 aliphatic carbocycles. The van der Waals surface area contributed by atoms with Gasteiger partial charge in [0.05, 0.1) is 0 Å². The Labute approximate surface area is 115 Å². The minimum absolute atomic E-state index is 0.0455. The maximum absolute atomic E-state index is 11.5. The van der Waals surface area contributed by atoms with Gasteiger partial charge >= 0.3 is 5.97 Å². The fourth-order valence-corrected chi connectivity index (χ4v) is 2.10. The van der Waals surface area contributed by atoms with E-state index in [1.165, 1.54) is 0 Å². The molecule has 0 amide bonds. The number of anilines is 1. The zero-order valence-electron chi connectivity index (χ0n) is 12.9. The molecule has 1 heterocycles. The minimum atomic E-state index is -0.923. The normalized spacial score (nSPS) is 13.2. The predicted octanol–water partition coefficient (Wildman–Crippen LogP) is 3.27. The van der Waals surface area contributed by atoms with E-state index in [0.29, 0.717) is 11.4 Å². The highest BCUT2D eigenvalue weighted by molar-refractivity contribution is 5.95. The highest BCUT2D eigenvalue weighted by atomic mass is 16.4. The van der Waals surface area contributed by atoms with Gasteiger partial charge in [0.15, 0.2) is 0 Å². The number of carboxylic acids is 1. The van der Waals surface area contributed by atoms with Gasteiger partial charge in [-0.05, 0) is 37.8 Å². The fourth-order valence-electron chi connectivity index (χ4n) is 2.10. The van der Waals surface area contributed by atoms with Gasteiger partial charge in [-0.15, -0.1) is 0 Å². The lowest BCUT2D eigenvalue weighted by molar-refractivity contribution is 0.0696. The van der Waals surface area contributed by atoms with E-state index < -0.39 is 5.97 Å². The summed E-state index contributed by atoms with van der Waals surface area (Å²) in [4.78, 5) is 17.9. The molecule has 0 aromatic carbocycles. The molecule has 0 aliphatic rings. The molecule has 0 saturated heterocycles. The first kappa shape index (κ1) is 15.5. The van der Waals surface area contributed by atoms with Crippen LogP contribution in [0.4, 0.5) is 5.82 Å². The van der Waals surface area contributed by atoms with Crippen LogP contribution in [0.5, 0.6) is 0 Å². The van der Waals surface area contributed by atoms with Crippen LogP contribution in [-0.4, -0.2) is 29.1 Å². The van der Waals surface area contributed by atoms with Crippen molar-refractivity contribution in [3.05, 3.63) is 22.9 Å². The summed E-state index contributed by atoms with van der Waals surface area (Å²) in [6, 6.07) is 1.99. The molecule has 1 rings (SSSR count). The Hall–Kier alpha value is -1.58. The molecule has 19 heavy (non-hydrogen) atoms. The van der Waals surface area contributed by atoms with E-state index >= 15 is 0 Å². The van der Waals surface area contributed by atoms with Gasteiger partial charge < -0.3 is 10.0 Å². The number of hydrogen-bond donors (Lipinski definition) is 1. The van der Waals surface area contributed by atoms with Crippen molar-refractivity contribution in [1.29, 1.82) is 0 Å². The third-order valence-electron chi connectivity index (χ3n) is 3.71. The number of hydrogen-bond acceptors (Lipinski definition) is 3. The van der Waals surface area contributed by atoms with Crippen molar-refractivity contribution in [3.63, 3.8) is 0 Å². The Kier molecular flexibility index (Phi) is 4.23.